The Bertz CT molecular complexity index is 660. The van der Waals surface area contributed by atoms with E-state index >= 15 is 0 Å². The number of ether oxygens (including phenoxy) is 1. The number of nitriles is 1. The Balaban J connectivity index is 2.58. The van der Waals surface area contributed by atoms with Crippen LogP contribution in [0.15, 0.2) is 36.7 Å². The summed E-state index contributed by atoms with van der Waals surface area (Å²) in [5.74, 6) is -1.51. The molecule has 1 aromatic heterocycles. The highest BCUT2D eigenvalue weighted by atomic mass is 19.1. The van der Waals surface area contributed by atoms with Gasteiger partial charge in [0.2, 0.25) is 0 Å². The molecule has 0 spiro atoms. The molecule has 94 valence electrons. The lowest BCUT2D eigenvalue weighted by atomic mass is 10.0. The van der Waals surface area contributed by atoms with E-state index in [1.54, 1.807) is 24.3 Å². The molecule has 2 rings (SSSR count). The molecule has 0 amide bonds. The van der Waals surface area contributed by atoms with Crippen LogP contribution in [-0.2, 0) is 4.74 Å². The van der Waals surface area contributed by atoms with E-state index in [2.05, 4.69) is 9.72 Å². The van der Waals surface area contributed by atoms with Crippen LogP contribution in [0.5, 0.6) is 0 Å². The minimum Gasteiger partial charge on any atom is -0.465 e. The summed E-state index contributed by atoms with van der Waals surface area (Å²) >= 11 is 0. The Morgan fingerprint density at radius 3 is 2.58 bits per heavy atom. The van der Waals surface area contributed by atoms with E-state index in [0.29, 0.717) is 16.7 Å². The second-order valence-corrected chi connectivity index (χ2v) is 3.72. The molecular formula is C14H9FN2O2. The fourth-order valence-electron chi connectivity index (χ4n) is 1.69. The lowest BCUT2D eigenvalue weighted by Crippen LogP contribution is -2.07. The van der Waals surface area contributed by atoms with Crippen molar-refractivity contribution in [3.63, 3.8) is 0 Å². The van der Waals surface area contributed by atoms with E-state index < -0.39 is 11.8 Å². The predicted octanol–water partition coefficient (Wildman–Crippen LogP) is 2.55. The molecular weight excluding hydrogens is 247 g/mol. The highest BCUT2D eigenvalue weighted by Gasteiger charge is 2.18. The number of hydrogen-bond donors (Lipinski definition) is 0. The smallest absolute Gasteiger partial charge is 0.341 e. The number of rotatable bonds is 2. The van der Waals surface area contributed by atoms with Gasteiger partial charge in [0.05, 0.1) is 24.9 Å². The maximum atomic E-state index is 13.7. The summed E-state index contributed by atoms with van der Waals surface area (Å²) in [6.45, 7) is 0. The molecule has 0 aliphatic heterocycles. The molecule has 0 saturated carbocycles. The van der Waals surface area contributed by atoms with Crippen LogP contribution in [0.2, 0.25) is 0 Å². The van der Waals surface area contributed by atoms with Crippen LogP contribution in [-0.4, -0.2) is 18.1 Å². The SMILES string of the molecule is COC(=O)c1c(F)cncc1-c1ccc(C#N)cc1. The van der Waals surface area contributed by atoms with Gasteiger partial charge in [-0.2, -0.15) is 5.26 Å². The largest absolute Gasteiger partial charge is 0.465 e. The van der Waals surface area contributed by atoms with Crippen LogP contribution >= 0.6 is 0 Å². The average Bonchev–Trinajstić information content (AvgIpc) is 2.46. The molecule has 1 heterocycles. The number of hydrogen-bond acceptors (Lipinski definition) is 4. The zero-order valence-electron chi connectivity index (χ0n) is 10.1. The molecule has 0 unspecified atom stereocenters. The fraction of sp³-hybridized carbons (Fsp3) is 0.0714. The molecule has 0 saturated heterocycles. The lowest BCUT2D eigenvalue weighted by molar-refractivity contribution is 0.0596. The van der Waals surface area contributed by atoms with Gasteiger partial charge in [0.1, 0.15) is 5.56 Å². The molecule has 5 heteroatoms. The monoisotopic (exact) mass is 256 g/mol. The molecule has 0 radical (unpaired) electrons. The minimum absolute atomic E-state index is 0.165. The number of benzene rings is 1. The number of nitrogens with zero attached hydrogens (tertiary/aromatic N) is 2. The summed E-state index contributed by atoms with van der Waals surface area (Å²) in [5.41, 5.74) is 1.23. The van der Waals surface area contributed by atoms with Gasteiger partial charge in [-0.15, -0.1) is 0 Å². The van der Waals surface area contributed by atoms with Gasteiger partial charge in [0.25, 0.3) is 0 Å². The maximum Gasteiger partial charge on any atom is 0.341 e. The number of carbonyl (C=O) groups excluding carboxylic acids is 1. The Hall–Kier alpha value is -2.74. The van der Waals surface area contributed by atoms with Crippen molar-refractivity contribution >= 4 is 5.97 Å². The maximum absolute atomic E-state index is 13.7. The predicted molar refractivity (Wildman–Crippen MR) is 65.7 cm³/mol. The van der Waals surface area contributed by atoms with E-state index in [4.69, 9.17) is 5.26 Å². The Kier molecular flexibility index (Phi) is 3.53. The van der Waals surface area contributed by atoms with E-state index in [0.717, 1.165) is 6.20 Å². The Morgan fingerprint density at radius 1 is 1.32 bits per heavy atom. The summed E-state index contributed by atoms with van der Waals surface area (Å²) in [7, 11) is 1.19. The average molecular weight is 256 g/mol. The van der Waals surface area contributed by atoms with Gasteiger partial charge >= 0.3 is 5.97 Å². The van der Waals surface area contributed by atoms with Gasteiger partial charge in [-0.1, -0.05) is 12.1 Å². The first-order chi connectivity index (χ1) is 9.17. The van der Waals surface area contributed by atoms with E-state index in [-0.39, 0.29) is 5.56 Å². The molecule has 0 atom stereocenters. The number of halogens is 1. The molecule has 2 aromatic rings. The molecule has 19 heavy (non-hydrogen) atoms. The van der Waals surface area contributed by atoms with Crippen molar-refractivity contribution < 1.29 is 13.9 Å². The molecule has 1 aromatic carbocycles. The van der Waals surface area contributed by atoms with E-state index in [1.807, 2.05) is 6.07 Å². The van der Waals surface area contributed by atoms with Crippen molar-refractivity contribution in [2.75, 3.05) is 7.11 Å². The number of methoxy groups -OCH3 is 1. The Labute approximate surface area is 109 Å². The quantitative estimate of drug-likeness (QED) is 0.774. The van der Waals surface area contributed by atoms with Crippen molar-refractivity contribution in [2.24, 2.45) is 0 Å². The first-order valence-electron chi connectivity index (χ1n) is 5.39. The number of pyridine rings is 1. The van der Waals surface area contributed by atoms with Crippen LogP contribution in [0, 0.1) is 17.1 Å². The zero-order valence-corrected chi connectivity index (χ0v) is 10.1. The van der Waals surface area contributed by atoms with Crippen LogP contribution in [0.25, 0.3) is 11.1 Å². The molecule has 0 fully saturated rings. The third kappa shape index (κ3) is 2.43. The third-order valence-electron chi connectivity index (χ3n) is 2.61. The molecule has 0 N–H and O–H groups in total. The van der Waals surface area contributed by atoms with Gasteiger partial charge in [0, 0.05) is 11.8 Å². The number of carbonyl (C=O) groups is 1. The van der Waals surface area contributed by atoms with Crippen LogP contribution in [0.3, 0.4) is 0 Å². The van der Waals surface area contributed by atoms with Crippen molar-refractivity contribution in [2.45, 2.75) is 0 Å². The summed E-state index contributed by atoms with van der Waals surface area (Å²) < 4.78 is 18.3. The molecule has 0 aliphatic rings. The summed E-state index contributed by atoms with van der Waals surface area (Å²) in [4.78, 5) is 15.3. The second kappa shape index (κ2) is 5.27. The van der Waals surface area contributed by atoms with Crippen LogP contribution < -0.4 is 0 Å². The van der Waals surface area contributed by atoms with Gasteiger partial charge in [-0.25, -0.2) is 9.18 Å². The van der Waals surface area contributed by atoms with Gasteiger partial charge in [0.15, 0.2) is 5.82 Å². The Morgan fingerprint density at radius 2 is 2.00 bits per heavy atom. The van der Waals surface area contributed by atoms with Crippen molar-refractivity contribution in [1.29, 1.82) is 5.26 Å². The zero-order chi connectivity index (χ0) is 13.8. The highest BCUT2D eigenvalue weighted by molar-refractivity contribution is 5.97. The number of aromatic nitrogens is 1. The summed E-state index contributed by atoms with van der Waals surface area (Å²) in [6.07, 6.45) is 2.34. The van der Waals surface area contributed by atoms with E-state index in [1.165, 1.54) is 13.3 Å². The van der Waals surface area contributed by atoms with Crippen LogP contribution in [0.1, 0.15) is 15.9 Å². The van der Waals surface area contributed by atoms with Gasteiger partial charge in [-0.05, 0) is 17.7 Å². The van der Waals surface area contributed by atoms with E-state index in [9.17, 15) is 9.18 Å². The fourth-order valence-corrected chi connectivity index (χ4v) is 1.69. The first kappa shape index (κ1) is 12.7. The second-order valence-electron chi connectivity index (χ2n) is 3.72. The topological polar surface area (TPSA) is 63.0 Å². The number of esters is 1. The molecule has 0 aliphatic carbocycles. The third-order valence-corrected chi connectivity index (χ3v) is 2.61. The standard InChI is InChI=1S/C14H9FN2O2/c1-19-14(18)13-11(7-17-8-12(13)15)10-4-2-9(6-16)3-5-10/h2-5,7-8H,1H3. The van der Waals surface area contributed by atoms with Crippen molar-refractivity contribution in [3.05, 3.63) is 53.6 Å². The highest BCUT2D eigenvalue weighted by Crippen LogP contribution is 2.25. The summed E-state index contributed by atoms with van der Waals surface area (Å²) in [6, 6.07) is 8.41. The first-order valence-corrected chi connectivity index (χ1v) is 5.39. The van der Waals surface area contributed by atoms with Crippen LogP contribution in [0.4, 0.5) is 4.39 Å². The minimum atomic E-state index is -0.765. The van der Waals surface area contributed by atoms with Gasteiger partial charge in [-0.3, -0.25) is 4.98 Å². The lowest BCUT2D eigenvalue weighted by Gasteiger charge is -2.08. The van der Waals surface area contributed by atoms with Gasteiger partial charge < -0.3 is 4.74 Å². The molecule has 0 bridgehead atoms. The van der Waals surface area contributed by atoms with Crippen molar-refractivity contribution in [3.8, 4) is 17.2 Å². The van der Waals surface area contributed by atoms with Crippen molar-refractivity contribution in [1.82, 2.24) is 4.98 Å². The summed E-state index contributed by atoms with van der Waals surface area (Å²) in [5, 5.41) is 8.73. The normalized spacial score (nSPS) is 9.74. The molecule has 4 nitrogen and oxygen atoms in total.